The van der Waals surface area contributed by atoms with Crippen molar-refractivity contribution in [2.75, 3.05) is 18.0 Å². The number of fused-ring (bicyclic) bond motifs is 1. The third-order valence-corrected chi connectivity index (χ3v) is 11.2. The van der Waals surface area contributed by atoms with Gasteiger partial charge in [-0.2, -0.15) is 26.3 Å². The molecule has 2 heterocycles. The molecule has 0 aromatic heterocycles. The fourth-order valence-corrected chi connectivity index (χ4v) is 8.48. The van der Waals surface area contributed by atoms with Crippen LogP contribution in [0.5, 0.6) is 0 Å². The Morgan fingerprint density at radius 2 is 1.59 bits per heavy atom. The van der Waals surface area contributed by atoms with Gasteiger partial charge in [0.05, 0.1) is 35.8 Å². The molecule has 3 unspecified atom stereocenters. The molecule has 3 aromatic rings. The number of sulfonamides is 1. The maximum Gasteiger partial charge on any atom is 0.430 e. The van der Waals surface area contributed by atoms with Gasteiger partial charge in [0.25, 0.3) is 15.6 Å². The van der Waals surface area contributed by atoms with Gasteiger partial charge in [-0.1, -0.05) is 42.5 Å². The Balaban J connectivity index is 1.55. The van der Waals surface area contributed by atoms with Crippen molar-refractivity contribution in [2.45, 2.75) is 79.5 Å². The van der Waals surface area contributed by atoms with E-state index in [0.29, 0.717) is 37.0 Å². The zero-order valence-electron chi connectivity index (χ0n) is 27.0. The Morgan fingerprint density at radius 1 is 0.941 bits per heavy atom. The van der Waals surface area contributed by atoms with E-state index in [-0.39, 0.29) is 30.6 Å². The summed E-state index contributed by atoms with van der Waals surface area (Å²) in [4.78, 5) is 27.6. The number of amides is 2. The second kappa shape index (κ2) is 14.3. The maximum absolute atomic E-state index is 14.2. The minimum absolute atomic E-state index is 0.208. The highest BCUT2D eigenvalue weighted by atomic mass is 32.2. The van der Waals surface area contributed by atoms with Crippen molar-refractivity contribution in [1.82, 2.24) is 10.2 Å². The molecule has 2 aliphatic rings. The van der Waals surface area contributed by atoms with Crippen LogP contribution < -0.4 is 9.62 Å². The minimum atomic E-state index is -6.17. The van der Waals surface area contributed by atoms with Crippen LogP contribution >= 0.6 is 0 Å². The van der Waals surface area contributed by atoms with E-state index in [1.165, 1.54) is 12.0 Å². The zero-order chi connectivity index (χ0) is 37.4. The molecule has 9 nitrogen and oxygen atoms in total. The molecule has 3 aromatic carbocycles. The van der Waals surface area contributed by atoms with Gasteiger partial charge in [0.15, 0.2) is 0 Å². The van der Waals surface area contributed by atoms with E-state index in [0.717, 1.165) is 34.6 Å². The van der Waals surface area contributed by atoms with Crippen LogP contribution in [0.3, 0.4) is 0 Å². The van der Waals surface area contributed by atoms with Crippen molar-refractivity contribution in [3.8, 4) is 0 Å². The van der Waals surface area contributed by atoms with Crippen molar-refractivity contribution in [3.05, 3.63) is 95.3 Å². The van der Waals surface area contributed by atoms with E-state index < -0.39 is 80.8 Å². The van der Waals surface area contributed by atoms with Gasteiger partial charge < -0.3 is 20.1 Å². The highest BCUT2D eigenvalue weighted by molar-refractivity contribution is 7.92. The largest absolute Gasteiger partial charge is 0.453 e. The van der Waals surface area contributed by atoms with Gasteiger partial charge in [0.1, 0.15) is 5.82 Å². The summed E-state index contributed by atoms with van der Waals surface area (Å²) in [5.41, 5.74) is -6.69. The van der Waals surface area contributed by atoms with Gasteiger partial charge >= 0.3 is 18.4 Å². The van der Waals surface area contributed by atoms with E-state index in [2.05, 4.69) is 5.32 Å². The number of nitrogens with one attached hydrogen (secondary N) is 1. The van der Waals surface area contributed by atoms with Gasteiger partial charge in [0.2, 0.25) is 5.91 Å². The number of benzene rings is 3. The molecule has 0 radical (unpaired) electrons. The monoisotopic (exact) mass is 745 g/mol. The van der Waals surface area contributed by atoms with Crippen molar-refractivity contribution in [1.29, 1.82) is 0 Å². The van der Waals surface area contributed by atoms with E-state index in [9.17, 15) is 53.8 Å². The summed E-state index contributed by atoms with van der Waals surface area (Å²) in [6, 6.07) is 11.5. The SMILES string of the molecule is COC(=O)NC(c1ccccc1)C1CCCCN1C(=O)CC1CCc2cc(C(O)(C(F)(F)F)C(F)(F)F)ccc2N1S(=O)(=O)c1ccc(F)cc1. The fraction of sp³-hybridized carbons (Fsp3) is 0.412. The Hall–Kier alpha value is -4.38. The predicted molar refractivity (Wildman–Crippen MR) is 169 cm³/mol. The van der Waals surface area contributed by atoms with Gasteiger partial charge in [-0.25, -0.2) is 17.6 Å². The molecule has 3 atom stereocenters. The third kappa shape index (κ3) is 7.36. The molecule has 2 amide bonds. The summed E-state index contributed by atoms with van der Waals surface area (Å²) in [6.07, 6.45) is -12.2. The highest BCUT2D eigenvalue weighted by Gasteiger charge is 2.71. The molecule has 2 N–H and O–H groups in total. The van der Waals surface area contributed by atoms with E-state index in [1.54, 1.807) is 30.3 Å². The summed E-state index contributed by atoms with van der Waals surface area (Å²) in [5, 5.41) is 12.8. The average molecular weight is 746 g/mol. The minimum Gasteiger partial charge on any atom is -0.453 e. The van der Waals surface area contributed by atoms with Crippen molar-refractivity contribution in [2.24, 2.45) is 0 Å². The molecule has 17 heteroatoms. The van der Waals surface area contributed by atoms with Crippen LogP contribution in [0, 0.1) is 5.82 Å². The number of carbonyl (C=O) groups excluding carboxylic acids is 2. The molecule has 1 saturated heterocycles. The second-order valence-electron chi connectivity index (χ2n) is 12.4. The molecule has 0 aliphatic carbocycles. The summed E-state index contributed by atoms with van der Waals surface area (Å²) in [6.45, 7) is 0.251. The third-order valence-electron chi connectivity index (χ3n) is 9.29. The lowest BCUT2D eigenvalue weighted by atomic mass is 9.87. The van der Waals surface area contributed by atoms with Crippen LogP contribution in [0.1, 0.15) is 54.8 Å². The molecule has 1 fully saturated rings. The van der Waals surface area contributed by atoms with Crippen molar-refractivity contribution >= 4 is 27.7 Å². The number of nitrogens with zero attached hydrogens (tertiary/aromatic N) is 2. The number of likely N-dealkylation sites (tertiary alicyclic amines) is 1. The van der Waals surface area contributed by atoms with Crippen LogP contribution in [0.25, 0.3) is 0 Å². The Bertz CT molecular complexity index is 1830. The molecule has 0 saturated carbocycles. The number of methoxy groups -OCH3 is 1. The number of hydrogen-bond donors (Lipinski definition) is 2. The molecular weight excluding hydrogens is 711 g/mol. The van der Waals surface area contributed by atoms with Crippen LogP contribution in [-0.2, 0) is 31.6 Å². The number of halogens is 7. The maximum atomic E-state index is 14.2. The summed E-state index contributed by atoms with van der Waals surface area (Å²) >= 11 is 0. The van der Waals surface area contributed by atoms with Crippen LogP contribution in [0.4, 0.5) is 41.2 Å². The molecule has 5 rings (SSSR count). The number of ether oxygens (including phenoxy) is 1. The van der Waals surface area contributed by atoms with Gasteiger partial charge in [-0.3, -0.25) is 9.10 Å². The predicted octanol–water partition coefficient (Wildman–Crippen LogP) is 6.52. The van der Waals surface area contributed by atoms with Crippen LogP contribution in [-0.4, -0.2) is 68.5 Å². The summed E-state index contributed by atoms with van der Waals surface area (Å²) in [5.74, 6) is -1.28. The lowest BCUT2D eigenvalue weighted by Crippen LogP contribution is -2.54. The number of hydrogen-bond acceptors (Lipinski definition) is 6. The molecule has 276 valence electrons. The molecule has 2 aliphatic heterocycles. The number of alkyl halides is 6. The lowest BCUT2D eigenvalue weighted by Gasteiger charge is -2.43. The van der Waals surface area contributed by atoms with Crippen LogP contribution in [0.2, 0.25) is 0 Å². The first kappa shape index (κ1) is 37.9. The number of aliphatic hydroxyl groups is 1. The van der Waals surface area contributed by atoms with E-state index in [4.69, 9.17) is 4.74 Å². The van der Waals surface area contributed by atoms with Crippen molar-refractivity contribution in [3.63, 3.8) is 0 Å². The first-order valence-corrected chi connectivity index (χ1v) is 17.3. The molecular formula is C34H34F7N3O6S. The lowest BCUT2D eigenvalue weighted by molar-refractivity contribution is -0.376. The molecule has 51 heavy (non-hydrogen) atoms. The van der Waals surface area contributed by atoms with Gasteiger partial charge in [0, 0.05) is 18.5 Å². The Kier molecular flexibility index (Phi) is 10.6. The standard InChI is InChI=1S/C34H34F7N3O6S/c1-50-31(46)42-30(21-7-3-2-4-8-21)28-9-5-6-18-43(28)29(45)20-25-14-10-22-19-23(32(47,33(36,37)38)34(39,40)41)11-17-27(22)44(25)51(48,49)26-15-12-24(35)13-16-26/h2-4,7-8,11-13,15-17,19,25,28,30,47H,5-6,9-10,14,18,20H2,1H3,(H,42,46). The topological polar surface area (TPSA) is 116 Å². The smallest absolute Gasteiger partial charge is 0.430 e. The zero-order valence-corrected chi connectivity index (χ0v) is 27.9. The van der Waals surface area contributed by atoms with Crippen molar-refractivity contribution < 1.29 is 58.6 Å². The number of alkyl carbamates (subject to hydrolysis) is 1. The first-order valence-electron chi connectivity index (χ1n) is 15.9. The van der Waals surface area contributed by atoms with E-state index in [1.807, 2.05) is 0 Å². The molecule has 0 spiro atoms. The highest BCUT2D eigenvalue weighted by Crippen LogP contribution is 2.51. The summed E-state index contributed by atoms with van der Waals surface area (Å²) < 4.78 is 130. The normalized spacial score (nSPS) is 19.2. The number of aryl methyl sites for hydroxylation is 1. The molecule has 0 bridgehead atoms. The fourth-order valence-electron chi connectivity index (χ4n) is 6.76. The Labute approximate surface area is 289 Å². The van der Waals surface area contributed by atoms with Gasteiger partial charge in [-0.15, -0.1) is 0 Å². The van der Waals surface area contributed by atoms with E-state index >= 15 is 0 Å². The second-order valence-corrected chi connectivity index (χ2v) is 14.2. The summed E-state index contributed by atoms with van der Waals surface area (Å²) in [7, 11) is -3.51. The van der Waals surface area contributed by atoms with Gasteiger partial charge in [-0.05, 0) is 73.6 Å². The van der Waals surface area contributed by atoms with Crippen LogP contribution in [0.15, 0.2) is 77.7 Å². The number of anilines is 1. The quantitative estimate of drug-likeness (QED) is 0.254. The first-order chi connectivity index (χ1) is 23.9. The average Bonchev–Trinajstić information content (AvgIpc) is 3.09. The number of piperidine rings is 1. The number of rotatable bonds is 8. The Morgan fingerprint density at radius 3 is 2.20 bits per heavy atom. The number of carbonyl (C=O) groups is 2.